The van der Waals surface area contributed by atoms with Crippen LogP contribution in [0.25, 0.3) is 0 Å². The van der Waals surface area contributed by atoms with Gasteiger partial charge in [-0.3, -0.25) is 0 Å². The zero-order chi connectivity index (χ0) is 13.0. The maximum absolute atomic E-state index is 8.94. The minimum absolute atomic E-state index is 0.246. The van der Waals surface area contributed by atoms with E-state index in [1.165, 1.54) is 5.56 Å². The molecule has 0 bridgehead atoms. The Bertz CT molecular complexity index is 387. The van der Waals surface area contributed by atoms with Crippen LogP contribution < -0.4 is 10.5 Å². The van der Waals surface area contributed by atoms with Gasteiger partial charge in [0.1, 0.15) is 5.75 Å². The highest BCUT2D eigenvalue weighted by Gasteiger charge is 2.22. The van der Waals surface area contributed by atoms with E-state index in [0.29, 0.717) is 5.92 Å². The number of β-amino-alcohol motifs (C(OH)–C–C–N with tert-alkyl or cyclic N) is 1. The molecular formula is C14H22N2O2. The third kappa shape index (κ3) is 2.94. The first kappa shape index (κ1) is 13.2. The number of nitrogens with two attached hydrogens (primary N) is 1. The summed E-state index contributed by atoms with van der Waals surface area (Å²) in [7, 11) is 1.69. The van der Waals surface area contributed by atoms with Gasteiger partial charge in [0.15, 0.2) is 0 Å². The number of piperidine rings is 1. The summed E-state index contributed by atoms with van der Waals surface area (Å²) in [6.45, 7) is 3.11. The molecule has 1 aliphatic heterocycles. The molecule has 1 aromatic carbocycles. The van der Waals surface area contributed by atoms with Crippen molar-refractivity contribution in [2.75, 3.05) is 39.1 Å². The molecule has 0 atom stereocenters. The minimum Gasteiger partial charge on any atom is -0.496 e. The van der Waals surface area contributed by atoms with Gasteiger partial charge in [-0.05, 0) is 43.5 Å². The highest BCUT2D eigenvalue weighted by atomic mass is 16.5. The topological polar surface area (TPSA) is 58.7 Å². The number of anilines is 1. The van der Waals surface area contributed by atoms with E-state index >= 15 is 0 Å². The van der Waals surface area contributed by atoms with Crippen molar-refractivity contribution in [3.05, 3.63) is 23.8 Å². The number of aliphatic hydroxyl groups excluding tert-OH is 1. The maximum atomic E-state index is 8.94. The molecule has 0 aliphatic carbocycles. The van der Waals surface area contributed by atoms with Crippen molar-refractivity contribution >= 4 is 5.69 Å². The lowest BCUT2D eigenvalue weighted by molar-refractivity contribution is 0.163. The fourth-order valence-electron chi connectivity index (χ4n) is 2.67. The summed E-state index contributed by atoms with van der Waals surface area (Å²) >= 11 is 0. The van der Waals surface area contributed by atoms with Gasteiger partial charge in [-0.15, -0.1) is 0 Å². The Morgan fingerprint density at radius 3 is 2.72 bits per heavy atom. The second kappa shape index (κ2) is 6.07. The molecule has 0 saturated carbocycles. The molecule has 0 amide bonds. The number of benzene rings is 1. The van der Waals surface area contributed by atoms with Gasteiger partial charge in [-0.2, -0.15) is 0 Å². The minimum atomic E-state index is 0.246. The Morgan fingerprint density at radius 2 is 2.11 bits per heavy atom. The number of hydrogen-bond acceptors (Lipinski definition) is 4. The van der Waals surface area contributed by atoms with Crippen LogP contribution in [0, 0.1) is 0 Å². The highest BCUT2D eigenvalue weighted by molar-refractivity contribution is 5.49. The van der Waals surface area contributed by atoms with Gasteiger partial charge in [0.25, 0.3) is 0 Å². The number of nitrogens with zero attached hydrogens (tertiary/aromatic N) is 1. The molecule has 3 N–H and O–H groups in total. The molecule has 4 heteroatoms. The normalized spacial score (nSPS) is 17.9. The highest BCUT2D eigenvalue weighted by Crippen LogP contribution is 2.35. The Kier molecular flexibility index (Phi) is 4.44. The Hall–Kier alpha value is -1.26. The molecule has 0 aromatic heterocycles. The lowest BCUT2D eigenvalue weighted by Crippen LogP contribution is -2.35. The van der Waals surface area contributed by atoms with Crippen LogP contribution in [-0.4, -0.2) is 43.4 Å². The van der Waals surface area contributed by atoms with E-state index in [-0.39, 0.29) is 6.61 Å². The summed E-state index contributed by atoms with van der Waals surface area (Å²) in [6.07, 6.45) is 2.22. The van der Waals surface area contributed by atoms with Crippen molar-refractivity contribution in [3.63, 3.8) is 0 Å². The van der Waals surface area contributed by atoms with Gasteiger partial charge in [0, 0.05) is 18.3 Å². The Labute approximate surface area is 108 Å². The Morgan fingerprint density at radius 1 is 1.39 bits per heavy atom. The van der Waals surface area contributed by atoms with E-state index < -0.39 is 0 Å². The zero-order valence-electron chi connectivity index (χ0n) is 10.9. The molecule has 4 nitrogen and oxygen atoms in total. The van der Waals surface area contributed by atoms with Gasteiger partial charge < -0.3 is 20.5 Å². The van der Waals surface area contributed by atoms with Crippen molar-refractivity contribution in [2.45, 2.75) is 18.8 Å². The van der Waals surface area contributed by atoms with E-state index in [1.807, 2.05) is 12.1 Å². The summed E-state index contributed by atoms with van der Waals surface area (Å²) in [5, 5.41) is 8.94. The molecule has 2 rings (SSSR count). The van der Waals surface area contributed by atoms with E-state index in [0.717, 1.165) is 43.9 Å². The lowest BCUT2D eigenvalue weighted by atomic mass is 9.88. The average Bonchev–Trinajstić information content (AvgIpc) is 2.40. The van der Waals surface area contributed by atoms with E-state index in [9.17, 15) is 0 Å². The van der Waals surface area contributed by atoms with Crippen molar-refractivity contribution in [1.29, 1.82) is 0 Å². The standard InChI is InChI=1S/C14H22N2O2/c1-18-14-10-12(15)2-3-13(14)11-4-6-16(7-5-11)8-9-17/h2-3,10-11,17H,4-9,15H2,1H3. The molecule has 1 aliphatic rings. The van der Waals surface area contributed by atoms with Crippen molar-refractivity contribution < 1.29 is 9.84 Å². The molecule has 1 aromatic rings. The number of ether oxygens (including phenoxy) is 1. The smallest absolute Gasteiger partial charge is 0.124 e. The second-order valence-corrected chi connectivity index (χ2v) is 4.84. The molecule has 18 heavy (non-hydrogen) atoms. The molecule has 0 radical (unpaired) electrons. The molecule has 1 saturated heterocycles. The number of rotatable bonds is 4. The summed E-state index contributed by atoms with van der Waals surface area (Å²) < 4.78 is 5.42. The molecule has 0 unspecified atom stereocenters. The average molecular weight is 250 g/mol. The zero-order valence-corrected chi connectivity index (χ0v) is 10.9. The molecule has 1 heterocycles. The number of hydrogen-bond donors (Lipinski definition) is 2. The van der Waals surface area contributed by atoms with Crippen molar-refractivity contribution in [3.8, 4) is 5.75 Å². The monoisotopic (exact) mass is 250 g/mol. The SMILES string of the molecule is COc1cc(N)ccc1C1CCN(CCO)CC1. The maximum Gasteiger partial charge on any atom is 0.124 e. The predicted molar refractivity (Wildman–Crippen MR) is 72.9 cm³/mol. The number of likely N-dealkylation sites (tertiary alicyclic amines) is 1. The van der Waals surface area contributed by atoms with Crippen LogP contribution in [-0.2, 0) is 0 Å². The van der Waals surface area contributed by atoms with E-state index in [1.54, 1.807) is 7.11 Å². The van der Waals surface area contributed by atoms with Gasteiger partial charge in [0.05, 0.1) is 13.7 Å². The fraction of sp³-hybridized carbons (Fsp3) is 0.571. The third-order valence-corrected chi connectivity index (χ3v) is 3.70. The van der Waals surface area contributed by atoms with E-state index in [4.69, 9.17) is 15.6 Å². The van der Waals surface area contributed by atoms with Crippen LogP contribution in [0.3, 0.4) is 0 Å². The van der Waals surface area contributed by atoms with Crippen LogP contribution in [0.5, 0.6) is 5.75 Å². The van der Waals surface area contributed by atoms with Crippen molar-refractivity contribution in [1.82, 2.24) is 4.90 Å². The van der Waals surface area contributed by atoms with Crippen molar-refractivity contribution in [2.24, 2.45) is 0 Å². The quantitative estimate of drug-likeness (QED) is 0.794. The largest absolute Gasteiger partial charge is 0.496 e. The summed E-state index contributed by atoms with van der Waals surface area (Å²) in [6, 6.07) is 5.92. The van der Waals surface area contributed by atoms with Crippen LogP contribution in [0.4, 0.5) is 5.69 Å². The lowest BCUT2D eigenvalue weighted by Gasteiger charge is -2.32. The van der Waals surface area contributed by atoms with Gasteiger partial charge >= 0.3 is 0 Å². The second-order valence-electron chi connectivity index (χ2n) is 4.84. The fourth-order valence-corrected chi connectivity index (χ4v) is 2.67. The predicted octanol–water partition coefficient (Wildman–Crippen LogP) is 1.45. The number of aliphatic hydroxyl groups is 1. The van der Waals surface area contributed by atoms with Crippen LogP contribution >= 0.6 is 0 Å². The number of nitrogen functional groups attached to an aromatic ring is 1. The first-order valence-corrected chi connectivity index (χ1v) is 6.51. The summed E-state index contributed by atoms with van der Waals surface area (Å²) in [5.74, 6) is 1.44. The molecule has 100 valence electrons. The molecule has 0 spiro atoms. The number of methoxy groups -OCH3 is 1. The first-order valence-electron chi connectivity index (χ1n) is 6.51. The summed E-state index contributed by atoms with van der Waals surface area (Å²) in [4.78, 5) is 2.31. The van der Waals surface area contributed by atoms with Crippen LogP contribution in [0.2, 0.25) is 0 Å². The third-order valence-electron chi connectivity index (χ3n) is 3.70. The first-order chi connectivity index (χ1) is 8.74. The summed E-state index contributed by atoms with van der Waals surface area (Å²) in [5.41, 5.74) is 7.78. The van der Waals surface area contributed by atoms with Crippen LogP contribution in [0.1, 0.15) is 24.3 Å². The van der Waals surface area contributed by atoms with Gasteiger partial charge in [-0.1, -0.05) is 6.07 Å². The Balaban J connectivity index is 2.05. The van der Waals surface area contributed by atoms with Gasteiger partial charge in [-0.25, -0.2) is 0 Å². The molecule has 1 fully saturated rings. The van der Waals surface area contributed by atoms with Crippen LogP contribution in [0.15, 0.2) is 18.2 Å². The van der Waals surface area contributed by atoms with E-state index in [2.05, 4.69) is 11.0 Å². The molecular weight excluding hydrogens is 228 g/mol. The van der Waals surface area contributed by atoms with Gasteiger partial charge in [0.2, 0.25) is 0 Å².